The first-order valence-electron chi connectivity index (χ1n) is 4.92. The van der Waals surface area contributed by atoms with Gasteiger partial charge in [-0.25, -0.2) is 10.4 Å². The highest BCUT2D eigenvalue weighted by Crippen LogP contribution is 2.26. The number of rotatable bonds is 3. The normalized spacial score (nSPS) is 19.1. The Hall–Kier alpha value is -1.20. The Morgan fingerprint density at radius 1 is 1.50 bits per heavy atom. The van der Waals surface area contributed by atoms with Gasteiger partial charge in [0.1, 0.15) is 18.2 Å². The van der Waals surface area contributed by atoms with E-state index in [4.69, 9.17) is 5.84 Å². The molecule has 14 heavy (non-hydrogen) atoms. The van der Waals surface area contributed by atoms with Crippen LogP contribution in [0.15, 0.2) is 18.0 Å². The lowest BCUT2D eigenvalue weighted by molar-refractivity contribution is 0.544. The molecule has 0 radical (unpaired) electrons. The van der Waals surface area contributed by atoms with Crippen LogP contribution in [-0.2, 0) is 0 Å². The van der Waals surface area contributed by atoms with Crippen LogP contribution < -0.4 is 11.3 Å². The lowest BCUT2D eigenvalue weighted by Crippen LogP contribution is -2.30. The Labute approximate surface area is 82.8 Å². The Bertz CT molecular complexity index is 303. The molecule has 1 unspecified atom stereocenters. The Kier molecular flexibility index (Phi) is 2.90. The molecule has 0 saturated heterocycles. The minimum atomic E-state index is -0.00204. The molecule has 0 aliphatic heterocycles. The first kappa shape index (κ1) is 9.36. The molecule has 0 saturated carbocycles. The number of hydrogen-bond donors (Lipinski definition) is 3. The lowest BCUT2D eigenvalue weighted by Gasteiger charge is -2.20. The van der Waals surface area contributed by atoms with E-state index < -0.39 is 0 Å². The largest absolute Gasteiger partial charge is 0.270 e. The number of allylic oxidation sites excluding steroid dienone is 1. The van der Waals surface area contributed by atoms with Gasteiger partial charge in [-0.15, -0.1) is 0 Å². The SMILES string of the molecule is NNC(C1=CCCCC1)c1ncn[nH]1. The summed E-state index contributed by atoms with van der Waals surface area (Å²) in [6.07, 6.45) is 8.49. The second-order valence-electron chi connectivity index (χ2n) is 3.50. The smallest absolute Gasteiger partial charge is 0.146 e. The Morgan fingerprint density at radius 2 is 2.43 bits per heavy atom. The number of aromatic amines is 1. The highest BCUT2D eigenvalue weighted by molar-refractivity contribution is 5.18. The molecule has 5 nitrogen and oxygen atoms in total. The zero-order chi connectivity index (χ0) is 9.80. The maximum Gasteiger partial charge on any atom is 0.146 e. The highest BCUT2D eigenvalue weighted by Gasteiger charge is 2.18. The van der Waals surface area contributed by atoms with Crippen LogP contribution in [0.2, 0.25) is 0 Å². The molecule has 5 heteroatoms. The fourth-order valence-electron chi connectivity index (χ4n) is 1.84. The van der Waals surface area contributed by atoms with Crippen molar-refractivity contribution in [2.75, 3.05) is 0 Å². The average Bonchev–Trinajstić information content (AvgIpc) is 2.74. The molecule has 1 aliphatic rings. The number of aromatic nitrogens is 3. The monoisotopic (exact) mass is 193 g/mol. The van der Waals surface area contributed by atoms with Gasteiger partial charge in [-0.05, 0) is 31.3 Å². The van der Waals surface area contributed by atoms with Crippen LogP contribution in [0.4, 0.5) is 0 Å². The molecule has 1 aliphatic carbocycles. The third-order valence-electron chi connectivity index (χ3n) is 2.57. The molecular weight excluding hydrogens is 178 g/mol. The summed E-state index contributed by atoms with van der Waals surface area (Å²) >= 11 is 0. The summed E-state index contributed by atoms with van der Waals surface area (Å²) in [5.74, 6) is 6.31. The van der Waals surface area contributed by atoms with Crippen molar-refractivity contribution in [3.05, 3.63) is 23.8 Å². The standard InChI is InChI=1S/C9H15N5/c10-13-8(9-11-6-12-14-9)7-4-2-1-3-5-7/h4,6,8,13H,1-3,5,10H2,(H,11,12,14). The van der Waals surface area contributed by atoms with Crippen molar-refractivity contribution in [2.24, 2.45) is 5.84 Å². The van der Waals surface area contributed by atoms with E-state index in [2.05, 4.69) is 26.7 Å². The van der Waals surface area contributed by atoms with Gasteiger partial charge in [0.05, 0.1) is 0 Å². The molecule has 1 atom stereocenters. The van der Waals surface area contributed by atoms with E-state index in [0.717, 1.165) is 18.7 Å². The van der Waals surface area contributed by atoms with Crippen LogP contribution in [0.1, 0.15) is 37.5 Å². The molecule has 0 bridgehead atoms. The van der Waals surface area contributed by atoms with E-state index in [0.29, 0.717) is 0 Å². The average molecular weight is 193 g/mol. The molecule has 0 amide bonds. The molecule has 76 valence electrons. The lowest BCUT2D eigenvalue weighted by atomic mass is 9.94. The third-order valence-corrected chi connectivity index (χ3v) is 2.57. The fraction of sp³-hybridized carbons (Fsp3) is 0.556. The van der Waals surface area contributed by atoms with Gasteiger partial charge in [-0.1, -0.05) is 6.08 Å². The minimum Gasteiger partial charge on any atom is -0.270 e. The van der Waals surface area contributed by atoms with Gasteiger partial charge in [0.25, 0.3) is 0 Å². The Balaban J connectivity index is 2.16. The van der Waals surface area contributed by atoms with Gasteiger partial charge in [0.2, 0.25) is 0 Å². The summed E-state index contributed by atoms with van der Waals surface area (Å²) in [6, 6.07) is -0.00204. The van der Waals surface area contributed by atoms with E-state index >= 15 is 0 Å². The second-order valence-corrected chi connectivity index (χ2v) is 3.50. The van der Waals surface area contributed by atoms with Gasteiger partial charge in [-0.3, -0.25) is 10.9 Å². The van der Waals surface area contributed by atoms with Crippen LogP contribution in [-0.4, -0.2) is 15.2 Å². The molecular formula is C9H15N5. The number of nitrogens with zero attached hydrogens (tertiary/aromatic N) is 2. The van der Waals surface area contributed by atoms with Crippen LogP contribution in [0.5, 0.6) is 0 Å². The first-order chi connectivity index (χ1) is 6.92. The van der Waals surface area contributed by atoms with E-state index in [1.807, 2.05) is 0 Å². The van der Waals surface area contributed by atoms with Gasteiger partial charge in [-0.2, -0.15) is 5.10 Å². The minimum absolute atomic E-state index is 0.00204. The quantitative estimate of drug-likeness (QED) is 0.377. The molecule has 1 aromatic heterocycles. The van der Waals surface area contributed by atoms with Crippen LogP contribution in [0.25, 0.3) is 0 Å². The van der Waals surface area contributed by atoms with Crippen molar-refractivity contribution in [2.45, 2.75) is 31.7 Å². The van der Waals surface area contributed by atoms with Crippen molar-refractivity contribution in [3.63, 3.8) is 0 Å². The van der Waals surface area contributed by atoms with Crippen molar-refractivity contribution >= 4 is 0 Å². The van der Waals surface area contributed by atoms with Gasteiger partial charge in [0, 0.05) is 0 Å². The predicted octanol–water partition coefficient (Wildman–Crippen LogP) is 0.809. The van der Waals surface area contributed by atoms with E-state index in [-0.39, 0.29) is 6.04 Å². The molecule has 0 aromatic carbocycles. The summed E-state index contributed by atoms with van der Waals surface area (Å²) in [5.41, 5.74) is 4.09. The zero-order valence-corrected chi connectivity index (χ0v) is 8.03. The summed E-state index contributed by atoms with van der Waals surface area (Å²) in [4.78, 5) is 4.11. The molecule has 4 N–H and O–H groups in total. The summed E-state index contributed by atoms with van der Waals surface area (Å²) < 4.78 is 0. The summed E-state index contributed by atoms with van der Waals surface area (Å²) in [7, 11) is 0. The maximum atomic E-state index is 5.52. The van der Waals surface area contributed by atoms with Crippen LogP contribution in [0.3, 0.4) is 0 Å². The number of H-pyrrole nitrogens is 1. The predicted molar refractivity (Wildman–Crippen MR) is 53.0 cm³/mol. The number of nitrogens with two attached hydrogens (primary N) is 1. The fourth-order valence-corrected chi connectivity index (χ4v) is 1.84. The van der Waals surface area contributed by atoms with Gasteiger partial charge in [0.15, 0.2) is 0 Å². The molecule has 0 spiro atoms. The number of hydrazine groups is 1. The topological polar surface area (TPSA) is 79.6 Å². The maximum absolute atomic E-state index is 5.52. The molecule has 1 aromatic rings. The Morgan fingerprint density at radius 3 is 3.00 bits per heavy atom. The van der Waals surface area contributed by atoms with Crippen molar-refractivity contribution in [1.29, 1.82) is 0 Å². The number of nitrogens with one attached hydrogen (secondary N) is 2. The van der Waals surface area contributed by atoms with Crippen LogP contribution >= 0.6 is 0 Å². The van der Waals surface area contributed by atoms with Gasteiger partial charge >= 0.3 is 0 Å². The van der Waals surface area contributed by atoms with E-state index in [1.165, 1.54) is 24.7 Å². The third kappa shape index (κ3) is 1.83. The first-order valence-corrected chi connectivity index (χ1v) is 4.92. The van der Waals surface area contributed by atoms with E-state index in [9.17, 15) is 0 Å². The molecule has 2 rings (SSSR count). The van der Waals surface area contributed by atoms with Crippen molar-refractivity contribution in [3.8, 4) is 0 Å². The molecule has 1 heterocycles. The van der Waals surface area contributed by atoms with Crippen LogP contribution in [0, 0.1) is 0 Å². The van der Waals surface area contributed by atoms with Crippen molar-refractivity contribution < 1.29 is 0 Å². The van der Waals surface area contributed by atoms with Crippen molar-refractivity contribution in [1.82, 2.24) is 20.6 Å². The van der Waals surface area contributed by atoms with E-state index in [1.54, 1.807) is 0 Å². The summed E-state index contributed by atoms with van der Waals surface area (Å²) in [5, 5.41) is 6.67. The zero-order valence-electron chi connectivity index (χ0n) is 8.03. The second kappa shape index (κ2) is 4.34. The summed E-state index contributed by atoms with van der Waals surface area (Å²) in [6.45, 7) is 0. The molecule has 0 fully saturated rings. The number of hydrogen-bond acceptors (Lipinski definition) is 4. The highest BCUT2D eigenvalue weighted by atomic mass is 15.3. The van der Waals surface area contributed by atoms with Gasteiger partial charge < -0.3 is 0 Å².